The summed E-state index contributed by atoms with van der Waals surface area (Å²) in [4.78, 5) is 22.7. The van der Waals surface area contributed by atoms with Gasteiger partial charge in [-0.2, -0.15) is 0 Å². The molecule has 0 aliphatic carbocycles. The minimum absolute atomic E-state index is 0.0453. The van der Waals surface area contributed by atoms with Crippen LogP contribution in [0.25, 0.3) is 0 Å². The lowest BCUT2D eigenvalue weighted by Gasteiger charge is -2.10. The highest BCUT2D eigenvalue weighted by atomic mass is 16.5. The maximum atomic E-state index is 11.7. The van der Waals surface area contributed by atoms with Crippen LogP contribution >= 0.6 is 0 Å². The van der Waals surface area contributed by atoms with Gasteiger partial charge in [0.2, 0.25) is 5.91 Å². The van der Waals surface area contributed by atoms with E-state index in [1.165, 1.54) is 51.4 Å². The van der Waals surface area contributed by atoms with E-state index in [9.17, 15) is 9.59 Å². The minimum Gasteiger partial charge on any atom is -0.464 e. The fraction of sp³-hybridized carbons (Fsp3) is 0.895. The van der Waals surface area contributed by atoms with Crippen molar-refractivity contribution in [2.24, 2.45) is 5.92 Å². The maximum absolute atomic E-state index is 11.7. The van der Waals surface area contributed by atoms with Crippen molar-refractivity contribution in [2.45, 2.75) is 96.9 Å². The molecule has 2 atom stereocenters. The molecule has 1 aliphatic heterocycles. The van der Waals surface area contributed by atoms with Crippen molar-refractivity contribution < 1.29 is 14.3 Å². The number of nitrogens with one attached hydrogen (secondary N) is 1. The van der Waals surface area contributed by atoms with Gasteiger partial charge in [-0.25, -0.2) is 4.79 Å². The molecule has 0 aromatic rings. The fourth-order valence-electron chi connectivity index (χ4n) is 2.92. The van der Waals surface area contributed by atoms with Crippen LogP contribution in [0.4, 0.5) is 0 Å². The van der Waals surface area contributed by atoms with E-state index in [0.717, 1.165) is 18.8 Å². The molecule has 0 radical (unpaired) electrons. The highest BCUT2D eigenvalue weighted by Gasteiger charge is 2.28. The third-order valence-electron chi connectivity index (χ3n) is 4.81. The van der Waals surface area contributed by atoms with E-state index in [2.05, 4.69) is 19.2 Å². The summed E-state index contributed by atoms with van der Waals surface area (Å²) in [5, 5.41) is 2.64. The van der Waals surface area contributed by atoms with Crippen LogP contribution in [0, 0.1) is 5.92 Å². The summed E-state index contributed by atoms with van der Waals surface area (Å²) in [5.74, 6) is 0.573. The monoisotopic (exact) mass is 325 g/mol. The molecule has 4 nitrogen and oxygen atoms in total. The Kier molecular flexibility index (Phi) is 10.8. The van der Waals surface area contributed by atoms with Crippen LogP contribution in [-0.4, -0.2) is 24.5 Å². The number of carbonyl (C=O) groups excluding carboxylic acids is 2. The summed E-state index contributed by atoms with van der Waals surface area (Å²) >= 11 is 0. The Morgan fingerprint density at radius 1 is 1.13 bits per heavy atom. The van der Waals surface area contributed by atoms with Gasteiger partial charge in [0.1, 0.15) is 6.04 Å². The van der Waals surface area contributed by atoms with Gasteiger partial charge in [0.25, 0.3) is 0 Å². The number of unbranched alkanes of at least 4 members (excludes halogenated alkanes) is 7. The number of esters is 1. The van der Waals surface area contributed by atoms with Crippen LogP contribution in [0.5, 0.6) is 0 Å². The molecule has 23 heavy (non-hydrogen) atoms. The van der Waals surface area contributed by atoms with E-state index in [0.29, 0.717) is 19.4 Å². The molecule has 1 saturated heterocycles. The lowest BCUT2D eigenvalue weighted by atomic mass is 10.00. The molecule has 0 saturated carbocycles. The van der Waals surface area contributed by atoms with Gasteiger partial charge in [-0.15, -0.1) is 0 Å². The van der Waals surface area contributed by atoms with Gasteiger partial charge in [0.05, 0.1) is 6.61 Å². The van der Waals surface area contributed by atoms with E-state index in [1.54, 1.807) is 0 Å². The highest BCUT2D eigenvalue weighted by molar-refractivity contribution is 5.87. The number of hydrogen-bond acceptors (Lipinski definition) is 3. The molecule has 0 spiro atoms. The van der Waals surface area contributed by atoms with Crippen LogP contribution < -0.4 is 5.32 Å². The molecule has 1 unspecified atom stereocenters. The summed E-state index contributed by atoms with van der Waals surface area (Å²) in [6.45, 7) is 5.10. The first kappa shape index (κ1) is 20.0. The number of rotatable bonds is 13. The Balaban J connectivity index is 1.81. The zero-order valence-electron chi connectivity index (χ0n) is 15.1. The smallest absolute Gasteiger partial charge is 0.328 e. The summed E-state index contributed by atoms with van der Waals surface area (Å²) in [5.41, 5.74) is 0. The Hall–Kier alpha value is -1.06. The standard InChI is InChI=1S/C19H35NO3/c1-3-16(2)12-10-8-6-4-5-7-9-11-15-23-19(22)17-13-14-18(21)20-17/h16-17H,3-15H2,1-2H3,(H,20,21)/t16?,17-/m0/s1. The van der Waals surface area contributed by atoms with Crippen LogP contribution in [0.3, 0.4) is 0 Å². The van der Waals surface area contributed by atoms with Gasteiger partial charge in [-0.3, -0.25) is 4.79 Å². The van der Waals surface area contributed by atoms with Crippen molar-refractivity contribution in [3.8, 4) is 0 Å². The average Bonchev–Trinajstić information content (AvgIpc) is 2.98. The van der Waals surface area contributed by atoms with E-state index < -0.39 is 6.04 Å². The molecule has 1 aliphatic rings. The quantitative estimate of drug-likeness (QED) is 0.404. The van der Waals surface area contributed by atoms with Gasteiger partial charge in [-0.05, 0) is 18.8 Å². The number of amides is 1. The van der Waals surface area contributed by atoms with E-state index in [4.69, 9.17) is 4.74 Å². The number of ether oxygens (including phenoxy) is 1. The number of hydrogen-bond donors (Lipinski definition) is 1. The molecule has 4 heteroatoms. The number of carbonyl (C=O) groups is 2. The lowest BCUT2D eigenvalue weighted by molar-refractivity contribution is -0.146. The van der Waals surface area contributed by atoms with Crippen molar-refractivity contribution in [1.29, 1.82) is 0 Å². The summed E-state index contributed by atoms with van der Waals surface area (Å²) < 4.78 is 5.21. The molecule has 1 N–H and O–H groups in total. The molecule has 1 amide bonds. The molecular weight excluding hydrogens is 290 g/mol. The van der Waals surface area contributed by atoms with Gasteiger partial charge in [0, 0.05) is 6.42 Å². The van der Waals surface area contributed by atoms with Crippen molar-refractivity contribution in [3.05, 3.63) is 0 Å². The zero-order chi connectivity index (χ0) is 16.9. The molecular formula is C19H35NO3. The zero-order valence-corrected chi connectivity index (χ0v) is 15.1. The maximum Gasteiger partial charge on any atom is 0.328 e. The molecule has 0 aromatic heterocycles. The van der Waals surface area contributed by atoms with Crippen LogP contribution in [0.15, 0.2) is 0 Å². The van der Waals surface area contributed by atoms with Crippen LogP contribution in [-0.2, 0) is 14.3 Å². The first-order valence-electron chi connectivity index (χ1n) is 9.59. The minimum atomic E-state index is -0.405. The lowest BCUT2D eigenvalue weighted by Crippen LogP contribution is -2.34. The molecule has 1 heterocycles. The molecule has 1 rings (SSSR count). The predicted octanol–water partition coefficient (Wildman–Crippen LogP) is 4.37. The van der Waals surface area contributed by atoms with E-state index >= 15 is 0 Å². The highest BCUT2D eigenvalue weighted by Crippen LogP contribution is 2.15. The van der Waals surface area contributed by atoms with Crippen LogP contribution in [0.1, 0.15) is 90.9 Å². The van der Waals surface area contributed by atoms with Gasteiger partial charge in [0.15, 0.2) is 0 Å². The second-order valence-corrected chi connectivity index (χ2v) is 6.96. The van der Waals surface area contributed by atoms with Gasteiger partial charge in [-0.1, -0.05) is 71.6 Å². The largest absolute Gasteiger partial charge is 0.464 e. The third-order valence-corrected chi connectivity index (χ3v) is 4.81. The summed E-state index contributed by atoms with van der Waals surface area (Å²) in [7, 11) is 0. The molecule has 0 bridgehead atoms. The Morgan fingerprint density at radius 2 is 1.74 bits per heavy atom. The van der Waals surface area contributed by atoms with Crippen molar-refractivity contribution in [1.82, 2.24) is 5.32 Å². The van der Waals surface area contributed by atoms with Crippen LogP contribution in [0.2, 0.25) is 0 Å². The third kappa shape index (κ3) is 9.62. The Bertz CT molecular complexity index is 344. The first-order chi connectivity index (χ1) is 11.1. The second kappa shape index (κ2) is 12.4. The topological polar surface area (TPSA) is 55.4 Å². The second-order valence-electron chi connectivity index (χ2n) is 6.96. The van der Waals surface area contributed by atoms with Gasteiger partial charge < -0.3 is 10.1 Å². The Morgan fingerprint density at radius 3 is 2.30 bits per heavy atom. The van der Waals surface area contributed by atoms with Crippen molar-refractivity contribution in [3.63, 3.8) is 0 Å². The van der Waals surface area contributed by atoms with E-state index in [-0.39, 0.29) is 11.9 Å². The van der Waals surface area contributed by atoms with Gasteiger partial charge >= 0.3 is 5.97 Å². The first-order valence-corrected chi connectivity index (χ1v) is 9.59. The average molecular weight is 325 g/mol. The molecule has 0 aromatic carbocycles. The molecule has 1 fully saturated rings. The Labute approximate surface area is 141 Å². The fourth-order valence-corrected chi connectivity index (χ4v) is 2.92. The normalized spacial score (nSPS) is 18.7. The summed E-state index contributed by atoms with van der Waals surface area (Å²) in [6.07, 6.45) is 13.7. The predicted molar refractivity (Wildman–Crippen MR) is 93.1 cm³/mol. The summed E-state index contributed by atoms with van der Waals surface area (Å²) in [6, 6.07) is -0.405. The van der Waals surface area contributed by atoms with E-state index in [1.807, 2.05) is 0 Å². The molecule has 134 valence electrons. The van der Waals surface area contributed by atoms with Crippen molar-refractivity contribution >= 4 is 11.9 Å². The SMILES string of the molecule is CCC(C)CCCCCCCCCCOC(=O)[C@@H]1CCC(=O)N1. The van der Waals surface area contributed by atoms with Crippen molar-refractivity contribution in [2.75, 3.05) is 6.61 Å².